The van der Waals surface area contributed by atoms with E-state index in [1.807, 2.05) is 6.92 Å². The number of aryl methyl sites for hydroxylation is 1. The lowest BCUT2D eigenvalue weighted by molar-refractivity contribution is 0.0953. The Morgan fingerprint density at radius 3 is 2.75 bits per heavy atom. The minimum atomic E-state index is -0.328. The maximum atomic E-state index is 12.2. The molecule has 0 bridgehead atoms. The number of carbonyl (C=O) groups excluding carboxylic acids is 2. The molecule has 1 aromatic heterocycles. The largest absolute Gasteiger partial charge is 0.360 e. The molecule has 2 amide bonds. The van der Waals surface area contributed by atoms with Crippen molar-refractivity contribution in [3.63, 3.8) is 0 Å². The summed E-state index contributed by atoms with van der Waals surface area (Å²) in [5.41, 5.74) is 7.56. The molecule has 0 aliphatic heterocycles. The van der Waals surface area contributed by atoms with Crippen LogP contribution in [0, 0.1) is 6.92 Å². The summed E-state index contributed by atoms with van der Waals surface area (Å²) in [5.74, 6) is 0.669. The molecular weight excluding hydrogens is 308 g/mol. The Bertz CT molecular complexity index is 765. The van der Waals surface area contributed by atoms with Gasteiger partial charge in [-0.15, -0.1) is 0 Å². The highest BCUT2D eigenvalue weighted by Crippen LogP contribution is 2.40. The van der Waals surface area contributed by atoms with Gasteiger partial charge in [0.15, 0.2) is 5.69 Å². The highest BCUT2D eigenvalue weighted by molar-refractivity contribution is 6.03. The van der Waals surface area contributed by atoms with E-state index in [-0.39, 0.29) is 17.5 Å². The van der Waals surface area contributed by atoms with Crippen LogP contribution in [0.4, 0.5) is 5.69 Å². The molecule has 1 aromatic carbocycles. The molecule has 1 aliphatic rings. The summed E-state index contributed by atoms with van der Waals surface area (Å²) in [7, 11) is 0. The predicted molar refractivity (Wildman–Crippen MR) is 89.0 cm³/mol. The molecule has 1 aliphatic carbocycles. The maximum absolute atomic E-state index is 12.2. The number of nitrogens with zero attached hydrogens (tertiary/aromatic N) is 1. The highest BCUT2D eigenvalue weighted by atomic mass is 16.5. The summed E-state index contributed by atoms with van der Waals surface area (Å²) in [6, 6.07) is 6.80. The molecule has 2 aromatic rings. The number of rotatable bonds is 6. The Morgan fingerprint density at radius 2 is 2.08 bits per heavy atom. The quantitative estimate of drug-likeness (QED) is 0.749. The SMILES string of the molecule is Cc1cc(NC(=O)c2cc(C3CC3)on2)ccc1C(=O)NCCN. The van der Waals surface area contributed by atoms with Crippen LogP contribution in [0.1, 0.15) is 50.9 Å². The normalized spacial score (nSPS) is 13.6. The van der Waals surface area contributed by atoms with Crippen LogP contribution in [0.2, 0.25) is 0 Å². The van der Waals surface area contributed by atoms with Gasteiger partial charge in [0.05, 0.1) is 0 Å². The third-order valence-corrected chi connectivity index (χ3v) is 3.90. The molecule has 0 atom stereocenters. The van der Waals surface area contributed by atoms with Crippen LogP contribution >= 0.6 is 0 Å². The number of carbonyl (C=O) groups is 2. The van der Waals surface area contributed by atoms with E-state index in [9.17, 15) is 9.59 Å². The first-order chi connectivity index (χ1) is 11.6. The molecule has 24 heavy (non-hydrogen) atoms. The zero-order valence-electron chi connectivity index (χ0n) is 13.5. The first kappa shape index (κ1) is 16.2. The second-order valence-corrected chi connectivity index (χ2v) is 5.92. The van der Waals surface area contributed by atoms with Gasteiger partial charge in [-0.1, -0.05) is 5.16 Å². The van der Waals surface area contributed by atoms with E-state index in [2.05, 4.69) is 15.8 Å². The number of hydrogen-bond acceptors (Lipinski definition) is 5. The van der Waals surface area contributed by atoms with Crippen LogP contribution in [0.15, 0.2) is 28.8 Å². The standard InChI is InChI=1S/C17H20N4O3/c1-10-8-12(4-5-13(10)16(22)19-7-6-18)20-17(23)14-9-15(24-21-14)11-2-3-11/h4-5,8-9,11H,2-3,6-7,18H2,1H3,(H,19,22)(H,20,23). The number of nitrogens with one attached hydrogen (secondary N) is 2. The molecule has 3 rings (SSSR count). The predicted octanol–water partition coefficient (Wildman–Crippen LogP) is 1.80. The lowest BCUT2D eigenvalue weighted by Gasteiger charge is -2.09. The average Bonchev–Trinajstić information content (AvgIpc) is 3.29. The van der Waals surface area contributed by atoms with Crippen LogP contribution in [0.25, 0.3) is 0 Å². The third kappa shape index (κ3) is 3.62. The van der Waals surface area contributed by atoms with Gasteiger partial charge in [0.1, 0.15) is 5.76 Å². The molecule has 0 spiro atoms. The fourth-order valence-corrected chi connectivity index (χ4v) is 2.43. The minimum absolute atomic E-state index is 0.179. The summed E-state index contributed by atoms with van der Waals surface area (Å²) in [5, 5.41) is 9.30. The van der Waals surface area contributed by atoms with Crippen LogP contribution < -0.4 is 16.4 Å². The van der Waals surface area contributed by atoms with E-state index in [1.54, 1.807) is 24.3 Å². The summed E-state index contributed by atoms with van der Waals surface area (Å²) in [4.78, 5) is 24.2. The maximum Gasteiger partial charge on any atom is 0.277 e. The van der Waals surface area contributed by atoms with Gasteiger partial charge >= 0.3 is 0 Å². The smallest absolute Gasteiger partial charge is 0.277 e. The first-order valence-corrected chi connectivity index (χ1v) is 7.95. The van der Waals surface area contributed by atoms with E-state index in [1.165, 1.54) is 0 Å². The van der Waals surface area contributed by atoms with Gasteiger partial charge in [-0.3, -0.25) is 9.59 Å². The van der Waals surface area contributed by atoms with E-state index in [0.29, 0.717) is 30.3 Å². The van der Waals surface area contributed by atoms with Crippen LogP contribution in [-0.2, 0) is 0 Å². The Balaban J connectivity index is 1.67. The van der Waals surface area contributed by atoms with Crippen LogP contribution in [0.3, 0.4) is 0 Å². The molecular formula is C17H20N4O3. The van der Waals surface area contributed by atoms with Crippen molar-refractivity contribution < 1.29 is 14.1 Å². The lowest BCUT2D eigenvalue weighted by Crippen LogP contribution is -2.29. The average molecular weight is 328 g/mol. The monoisotopic (exact) mass is 328 g/mol. The Hall–Kier alpha value is -2.67. The Kier molecular flexibility index (Phi) is 4.61. The van der Waals surface area contributed by atoms with Crippen molar-refractivity contribution in [2.24, 2.45) is 5.73 Å². The summed E-state index contributed by atoms with van der Waals surface area (Å²) >= 11 is 0. The summed E-state index contributed by atoms with van der Waals surface area (Å²) < 4.78 is 5.19. The number of anilines is 1. The first-order valence-electron chi connectivity index (χ1n) is 7.95. The number of benzene rings is 1. The van der Waals surface area contributed by atoms with Gasteiger partial charge in [0.25, 0.3) is 11.8 Å². The zero-order chi connectivity index (χ0) is 17.1. The van der Waals surface area contributed by atoms with Crippen molar-refractivity contribution in [2.45, 2.75) is 25.7 Å². The fraction of sp³-hybridized carbons (Fsp3) is 0.353. The van der Waals surface area contributed by atoms with Gasteiger partial charge in [0.2, 0.25) is 0 Å². The molecule has 0 unspecified atom stereocenters. The van der Waals surface area contributed by atoms with Gasteiger partial charge in [0, 0.05) is 36.3 Å². The van der Waals surface area contributed by atoms with Crippen molar-refractivity contribution in [1.29, 1.82) is 0 Å². The number of hydrogen-bond donors (Lipinski definition) is 3. The topological polar surface area (TPSA) is 110 Å². The van der Waals surface area contributed by atoms with Gasteiger partial charge in [-0.25, -0.2) is 0 Å². The molecule has 1 saturated carbocycles. The van der Waals surface area contributed by atoms with Crippen LogP contribution in [-0.4, -0.2) is 30.1 Å². The second kappa shape index (κ2) is 6.84. The van der Waals surface area contributed by atoms with Crippen molar-refractivity contribution in [3.8, 4) is 0 Å². The molecule has 0 saturated heterocycles. The zero-order valence-corrected chi connectivity index (χ0v) is 13.5. The van der Waals surface area contributed by atoms with Gasteiger partial charge in [-0.05, 0) is 43.5 Å². The summed E-state index contributed by atoms with van der Waals surface area (Å²) in [6.45, 7) is 2.63. The van der Waals surface area contributed by atoms with E-state index in [0.717, 1.165) is 24.2 Å². The Labute approximate surface area is 139 Å². The van der Waals surface area contributed by atoms with Crippen molar-refractivity contribution in [2.75, 3.05) is 18.4 Å². The van der Waals surface area contributed by atoms with E-state index < -0.39 is 0 Å². The molecule has 4 N–H and O–H groups in total. The van der Waals surface area contributed by atoms with E-state index in [4.69, 9.17) is 10.3 Å². The third-order valence-electron chi connectivity index (χ3n) is 3.90. The van der Waals surface area contributed by atoms with Crippen molar-refractivity contribution in [1.82, 2.24) is 10.5 Å². The summed E-state index contributed by atoms with van der Waals surface area (Å²) in [6.07, 6.45) is 2.17. The molecule has 1 fully saturated rings. The Morgan fingerprint density at radius 1 is 1.29 bits per heavy atom. The molecule has 0 radical (unpaired) electrons. The van der Waals surface area contributed by atoms with Crippen molar-refractivity contribution in [3.05, 3.63) is 46.8 Å². The molecule has 126 valence electrons. The molecule has 7 heteroatoms. The van der Waals surface area contributed by atoms with Gasteiger partial charge in [-0.2, -0.15) is 0 Å². The van der Waals surface area contributed by atoms with Gasteiger partial charge < -0.3 is 20.9 Å². The van der Waals surface area contributed by atoms with Crippen molar-refractivity contribution >= 4 is 17.5 Å². The fourth-order valence-electron chi connectivity index (χ4n) is 2.43. The second-order valence-electron chi connectivity index (χ2n) is 5.92. The minimum Gasteiger partial charge on any atom is -0.360 e. The van der Waals surface area contributed by atoms with Crippen LogP contribution in [0.5, 0.6) is 0 Å². The highest BCUT2D eigenvalue weighted by Gasteiger charge is 2.28. The number of nitrogens with two attached hydrogens (primary N) is 1. The van der Waals surface area contributed by atoms with E-state index >= 15 is 0 Å². The lowest BCUT2D eigenvalue weighted by atomic mass is 10.1. The molecule has 7 nitrogen and oxygen atoms in total. The number of amides is 2. The number of aromatic nitrogens is 1. The molecule has 1 heterocycles.